The van der Waals surface area contributed by atoms with Crippen LogP contribution in [0.5, 0.6) is 0 Å². The smallest absolute Gasteiger partial charge is 0.237 e. The summed E-state index contributed by atoms with van der Waals surface area (Å²) in [7, 11) is 1.69. The van der Waals surface area contributed by atoms with Gasteiger partial charge in [0.2, 0.25) is 5.91 Å². The van der Waals surface area contributed by atoms with Gasteiger partial charge in [0, 0.05) is 24.6 Å². The lowest BCUT2D eigenvalue weighted by Gasteiger charge is -2.31. The van der Waals surface area contributed by atoms with Crippen molar-refractivity contribution in [3.63, 3.8) is 0 Å². The maximum atomic E-state index is 11.4. The molecule has 1 aliphatic rings. The van der Waals surface area contributed by atoms with Crippen LogP contribution < -0.4 is 10.6 Å². The number of carbonyl (C=O) groups excluding carboxylic acids is 1. The second-order valence-corrected chi connectivity index (χ2v) is 4.81. The Bertz CT molecular complexity index is 180. The highest BCUT2D eigenvalue weighted by molar-refractivity contribution is 8.00. The molecule has 0 aromatic heterocycles. The van der Waals surface area contributed by atoms with Gasteiger partial charge in [0.15, 0.2) is 0 Å². The third kappa shape index (κ3) is 2.88. The summed E-state index contributed by atoms with van der Waals surface area (Å²) in [6.45, 7) is 4.14. The molecule has 4 heteroatoms. The zero-order valence-electron chi connectivity index (χ0n) is 8.46. The molecule has 3 nitrogen and oxygen atoms in total. The molecule has 1 saturated heterocycles. The number of hydrogen-bond acceptors (Lipinski definition) is 3. The SMILES string of the molecule is CNC(=O)C(NC1CSC1)C(C)C. The molecular weight excluding hydrogens is 184 g/mol. The summed E-state index contributed by atoms with van der Waals surface area (Å²) >= 11 is 1.92. The van der Waals surface area contributed by atoms with E-state index in [2.05, 4.69) is 24.5 Å². The predicted molar refractivity (Wildman–Crippen MR) is 56.9 cm³/mol. The van der Waals surface area contributed by atoms with Crippen molar-refractivity contribution in [1.29, 1.82) is 0 Å². The molecule has 0 aliphatic carbocycles. The third-order valence-corrected chi connectivity index (χ3v) is 3.53. The average molecular weight is 202 g/mol. The lowest BCUT2D eigenvalue weighted by molar-refractivity contribution is -0.123. The molecule has 0 saturated carbocycles. The van der Waals surface area contributed by atoms with Crippen molar-refractivity contribution < 1.29 is 4.79 Å². The summed E-state index contributed by atoms with van der Waals surface area (Å²) in [6, 6.07) is 0.505. The highest BCUT2D eigenvalue weighted by Gasteiger charge is 2.27. The zero-order valence-corrected chi connectivity index (χ0v) is 9.28. The van der Waals surface area contributed by atoms with Gasteiger partial charge in [-0.3, -0.25) is 4.79 Å². The van der Waals surface area contributed by atoms with Crippen LogP contribution in [0.25, 0.3) is 0 Å². The van der Waals surface area contributed by atoms with Crippen molar-refractivity contribution in [3.05, 3.63) is 0 Å². The minimum atomic E-state index is -0.0316. The molecule has 2 N–H and O–H groups in total. The molecule has 0 aromatic rings. The van der Waals surface area contributed by atoms with E-state index < -0.39 is 0 Å². The van der Waals surface area contributed by atoms with Crippen molar-refractivity contribution in [2.45, 2.75) is 25.9 Å². The van der Waals surface area contributed by atoms with Crippen LogP contribution in [0.1, 0.15) is 13.8 Å². The highest BCUT2D eigenvalue weighted by atomic mass is 32.2. The molecule has 1 amide bonds. The quantitative estimate of drug-likeness (QED) is 0.696. The van der Waals surface area contributed by atoms with E-state index in [4.69, 9.17) is 0 Å². The van der Waals surface area contributed by atoms with Gasteiger partial charge in [0.1, 0.15) is 0 Å². The summed E-state index contributed by atoms with van der Waals surface area (Å²) in [4.78, 5) is 11.4. The lowest BCUT2D eigenvalue weighted by atomic mass is 10.0. The molecule has 0 spiro atoms. The minimum absolute atomic E-state index is 0.0316. The number of amides is 1. The fourth-order valence-electron chi connectivity index (χ4n) is 1.31. The van der Waals surface area contributed by atoms with E-state index >= 15 is 0 Å². The highest BCUT2D eigenvalue weighted by Crippen LogP contribution is 2.18. The summed E-state index contributed by atoms with van der Waals surface area (Å²) in [5, 5.41) is 6.06. The van der Waals surface area contributed by atoms with Crippen molar-refractivity contribution in [1.82, 2.24) is 10.6 Å². The van der Waals surface area contributed by atoms with Crippen molar-refractivity contribution in [3.8, 4) is 0 Å². The van der Waals surface area contributed by atoms with Crippen LogP contribution in [-0.2, 0) is 4.79 Å². The molecule has 76 valence electrons. The van der Waals surface area contributed by atoms with Gasteiger partial charge >= 0.3 is 0 Å². The van der Waals surface area contributed by atoms with E-state index in [1.54, 1.807) is 7.05 Å². The van der Waals surface area contributed by atoms with Gasteiger partial charge in [-0.15, -0.1) is 0 Å². The number of nitrogens with one attached hydrogen (secondary N) is 2. The predicted octanol–water partition coefficient (Wildman–Crippen LogP) is 0.462. The molecule has 13 heavy (non-hydrogen) atoms. The van der Waals surface area contributed by atoms with E-state index in [0.717, 1.165) is 11.5 Å². The van der Waals surface area contributed by atoms with E-state index in [1.807, 2.05) is 11.8 Å². The topological polar surface area (TPSA) is 41.1 Å². The molecular formula is C9H18N2OS. The third-order valence-electron chi connectivity index (χ3n) is 2.25. The van der Waals surface area contributed by atoms with Crippen LogP contribution in [0.3, 0.4) is 0 Å². The van der Waals surface area contributed by atoms with E-state index in [9.17, 15) is 4.79 Å². The lowest BCUT2D eigenvalue weighted by Crippen LogP contribution is -2.54. The largest absolute Gasteiger partial charge is 0.358 e. The van der Waals surface area contributed by atoms with Crippen LogP contribution in [0.2, 0.25) is 0 Å². The van der Waals surface area contributed by atoms with Crippen molar-refractivity contribution in [2.24, 2.45) is 5.92 Å². The first-order valence-electron chi connectivity index (χ1n) is 4.70. The van der Waals surface area contributed by atoms with E-state index in [1.165, 1.54) is 0 Å². The molecule has 1 rings (SSSR count). The molecule has 1 atom stereocenters. The maximum absolute atomic E-state index is 11.4. The Morgan fingerprint density at radius 3 is 2.38 bits per heavy atom. The van der Waals surface area contributed by atoms with Crippen molar-refractivity contribution in [2.75, 3.05) is 18.6 Å². The molecule has 1 unspecified atom stereocenters. The van der Waals surface area contributed by atoms with Crippen LogP contribution in [0, 0.1) is 5.92 Å². The fraction of sp³-hybridized carbons (Fsp3) is 0.889. The summed E-state index contributed by atoms with van der Waals surface area (Å²) in [6.07, 6.45) is 0. The average Bonchev–Trinajstić information content (AvgIpc) is 2.00. The Balaban J connectivity index is 2.41. The van der Waals surface area contributed by atoms with Crippen LogP contribution in [-0.4, -0.2) is 36.5 Å². The molecule has 0 aromatic carbocycles. The first kappa shape index (κ1) is 10.9. The van der Waals surface area contributed by atoms with Gasteiger partial charge in [-0.05, 0) is 5.92 Å². The van der Waals surface area contributed by atoms with Gasteiger partial charge < -0.3 is 10.6 Å². The normalized spacial score (nSPS) is 19.7. The summed E-state index contributed by atoms with van der Waals surface area (Å²) in [5.41, 5.74) is 0. The summed E-state index contributed by atoms with van der Waals surface area (Å²) in [5.74, 6) is 2.73. The Labute approximate surface area is 84.0 Å². The summed E-state index contributed by atoms with van der Waals surface area (Å²) < 4.78 is 0. The van der Waals surface area contributed by atoms with Crippen LogP contribution in [0.15, 0.2) is 0 Å². The van der Waals surface area contributed by atoms with Gasteiger partial charge in [-0.25, -0.2) is 0 Å². The van der Waals surface area contributed by atoms with Crippen LogP contribution >= 0.6 is 11.8 Å². The Hall–Kier alpha value is -0.220. The Morgan fingerprint density at radius 2 is 2.08 bits per heavy atom. The van der Waals surface area contributed by atoms with Crippen molar-refractivity contribution >= 4 is 17.7 Å². The van der Waals surface area contributed by atoms with Gasteiger partial charge in [0.05, 0.1) is 6.04 Å². The first-order chi connectivity index (χ1) is 6.15. The van der Waals surface area contributed by atoms with E-state index in [0.29, 0.717) is 12.0 Å². The number of likely N-dealkylation sites (N-methyl/N-ethyl adjacent to an activating group) is 1. The maximum Gasteiger partial charge on any atom is 0.237 e. The van der Waals surface area contributed by atoms with Gasteiger partial charge in [0.25, 0.3) is 0 Å². The molecule has 1 fully saturated rings. The fourth-order valence-corrected chi connectivity index (χ4v) is 1.98. The zero-order chi connectivity index (χ0) is 9.84. The molecule has 1 heterocycles. The minimum Gasteiger partial charge on any atom is -0.358 e. The number of rotatable bonds is 4. The van der Waals surface area contributed by atoms with Crippen LogP contribution in [0.4, 0.5) is 0 Å². The standard InChI is InChI=1S/C9H18N2OS/c1-6(2)8(9(12)10-3)11-7-4-13-5-7/h6-8,11H,4-5H2,1-3H3,(H,10,12). The number of thioether (sulfide) groups is 1. The van der Waals surface area contributed by atoms with E-state index in [-0.39, 0.29) is 11.9 Å². The number of hydrogen-bond donors (Lipinski definition) is 2. The second-order valence-electron chi connectivity index (χ2n) is 3.74. The van der Waals surface area contributed by atoms with Gasteiger partial charge in [-0.1, -0.05) is 13.8 Å². The molecule has 1 aliphatic heterocycles. The molecule has 0 bridgehead atoms. The Kier molecular flexibility index (Phi) is 4.06. The second kappa shape index (κ2) is 4.86. The monoisotopic (exact) mass is 202 g/mol. The van der Waals surface area contributed by atoms with Gasteiger partial charge in [-0.2, -0.15) is 11.8 Å². The Morgan fingerprint density at radius 1 is 1.46 bits per heavy atom. The number of carbonyl (C=O) groups is 1. The molecule has 0 radical (unpaired) electrons. The first-order valence-corrected chi connectivity index (χ1v) is 5.86.